The predicted octanol–water partition coefficient (Wildman–Crippen LogP) is 0.968. The van der Waals surface area contributed by atoms with Crippen molar-refractivity contribution >= 4 is 38.9 Å². The molecule has 7 heteroatoms. The minimum absolute atomic E-state index is 0.0770. The van der Waals surface area contributed by atoms with Crippen LogP contribution in [0.2, 0.25) is 0 Å². The Kier molecular flexibility index (Phi) is 4.09. The van der Waals surface area contributed by atoms with Gasteiger partial charge in [0.2, 0.25) is 5.91 Å². The molecule has 0 atom stereocenters. The molecule has 4 N–H and O–H groups in total. The number of nitrogen functional groups attached to an aromatic ring is 1. The standard InChI is InChI=1S/C13H15N3O3S/c1-15-10(17)6-16-13(18)12-11(14)8-4-3-7(19-2)5-9(8)20-12/h3-5H,6,14H2,1-2H3,(H,15,17)(H,16,18). The third kappa shape index (κ3) is 2.67. The molecular formula is C13H15N3O3S. The van der Waals surface area contributed by atoms with Crippen molar-refractivity contribution in [1.82, 2.24) is 10.6 Å². The van der Waals surface area contributed by atoms with E-state index in [0.29, 0.717) is 16.3 Å². The summed E-state index contributed by atoms with van der Waals surface area (Å²) < 4.78 is 6.01. The van der Waals surface area contributed by atoms with Crippen LogP contribution in [-0.2, 0) is 4.79 Å². The second-order valence-corrected chi connectivity index (χ2v) is 5.12. The molecule has 2 aromatic rings. The number of thiophene rings is 1. The Balaban J connectivity index is 2.28. The van der Waals surface area contributed by atoms with E-state index in [1.807, 2.05) is 12.1 Å². The van der Waals surface area contributed by atoms with Gasteiger partial charge < -0.3 is 21.1 Å². The third-order valence-corrected chi connectivity index (χ3v) is 4.00. The third-order valence-electron chi connectivity index (χ3n) is 2.83. The van der Waals surface area contributed by atoms with E-state index >= 15 is 0 Å². The van der Waals surface area contributed by atoms with E-state index in [2.05, 4.69) is 10.6 Å². The number of rotatable bonds is 4. The molecule has 2 amide bonds. The van der Waals surface area contributed by atoms with Gasteiger partial charge in [-0.15, -0.1) is 11.3 Å². The zero-order chi connectivity index (χ0) is 14.7. The van der Waals surface area contributed by atoms with Crippen LogP contribution >= 0.6 is 11.3 Å². The van der Waals surface area contributed by atoms with Crippen LogP contribution in [0.3, 0.4) is 0 Å². The molecule has 1 heterocycles. The number of carbonyl (C=O) groups is 2. The topological polar surface area (TPSA) is 93.5 Å². The molecule has 0 bridgehead atoms. The predicted molar refractivity (Wildman–Crippen MR) is 79.2 cm³/mol. The number of likely N-dealkylation sites (N-methyl/N-ethyl adjacent to an activating group) is 1. The summed E-state index contributed by atoms with van der Waals surface area (Å²) in [5, 5.41) is 5.76. The van der Waals surface area contributed by atoms with Crippen LogP contribution in [0.5, 0.6) is 5.75 Å². The number of nitrogens with one attached hydrogen (secondary N) is 2. The van der Waals surface area contributed by atoms with E-state index in [4.69, 9.17) is 10.5 Å². The first kappa shape index (κ1) is 14.1. The summed E-state index contributed by atoms with van der Waals surface area (Å²) in [6, 6.07) is 5.43. The van der Waals surface area contributed by atoms with Gasteiger partial charge >= 0.3 is 0 Å². The van der Waals surface area contributed by atoms with E-state index in [1.54, 1.807) is 13.2 Å². The molecule has 106 valence electrons. The molecule has 2 rings (SSSR count). The van der Waals surface area contributed by atoms with E-state index in [-0.39, 0.29) is 18.4 Å². The maximum Gasteiger partial charge on any atom is 0.263 e. The maximum atomic E-state index is 12.0. The van der Waals surface area contributed by atoms with Gasteiger partial charge in [-0.2, -0.15) is 0 Å². The number of hydrogen-bond donors (Lipinski definition) is 3. The van der Waals surface area contributed by atoms with Crippen molar-refractivity contribution < 1.29 is 14.3 Å². The first-order valence-corrected chi connectivity index (χ1v) is 6.73. The van der Waals surface area contributed by atoms with Gasteiger partial charge in [0.05, 0.1) is 19.3 Å². The Morgan fingerprint density at radius 2 is 2.15 bits per heavy atom. The van der Waals surface area contributed by atoms with Crippen LogP contribution in [0.4, 0.5) is 5.69 Å². The number of hydrogen-bond acceptors (Lipinski definition) is 5. The van der Waals surface area contributed by atoms with Gasteiger partial charge in [0.1, 0.15) is 10.6 Å². The minimum atomic E-state index is -0.355. The highest BCUT2D eigenvalue weighted by atomic mass is 32.1. The van der Waals surface area contributed by atoms with Crippen LogP contribution in [0.1, 0.15) is 9.67 Å². The first-order valence-electron chi connectivity index (χ1n) is 5.91. The molecule has 0 saturated carbocycles. The smallest absolute Gasteiger partial charge is 0.263 e. The average molecular weight is 293 g/mol. The van der Waals surface area contributed by atoms with E-state index < -0.39 is 0 Å². The summed E-state index contributed by atoms with van der Waals surface area (Å²) in [5.74, 6) is 0.0852. The lowest BCUT2D eigenvalue weighted by Crippen LogP contribution is -2.35. The van der Waals surface area contributed by atoms with E-state index in [1.165, 1.54) is 18.4 Å². The molecule has 1 aromatic heterocycles. The molecule has 0 aliphatic rings. The van der Waals surface area contributed by atoms with Gasteiger partial charge in [-0.05, 0) is 18.2 Å². The summed E-state index contributed by atoms with van der Waals surface area (Å²) >= 11 is 1.27. The van der Waals surface area contributed by atoms with Gasteiger partial charge in [0.25, 0.3) is 5.91 Å². The van der Waals surface area contributed by atoms with Gasteiger partial charge in [-0.3, -0.25) is 9.59 Å². The number of methoxy groups -OCH3 is 1. The van der Waals surface area contributed by atoms with E-state index in [0.717, 1.165) is 10.1 Å². The lowest BCUT2D eigenvalue weighted by atomic mass is 10.2. The summed E-state index contributed by atoms with van der Waals surface area (Å²) in [4.78, 5) is 23.5. The quantitative estimate of drug-likeness (QED) is 0.783. The van der Waals surface area contributed by atoms with Crippen LogP contribution < -0.4 is 21.1 Å². The van der Waals surface area contributed by atoms with Crippen molar-refractivity contribution in [2.45, 2.75) is 0 Å². The number of ether oxygens (including phenoxy) is 1. The summed E-state index contributed by atoms with van der Waals surface area (Å²) in [6.07, 6.45) is 0. The van der Waals surface area contributed by atoms with Crippen molar-refractivity contribution in [2.24, 2.45) is 0 Å². The monoisotopic (exact) mass is 293 g/mol. The fourth-order valence-corrected chi connectivity index (χ4v) is 2.79. The fraction of sp³-hybridized carbons (Fsp3) is 0.231. The van der Waals surface area contributed by atoms with Crippen LogP contribution in [0, 0.1) is 0 Å². The normalized spacial score (nSPS) is 10.3. The zero-order valence-corrected chi connectivity index (χ0v) is 12.0. The molecule has 0 spiro atoms. The molecule has 0 radical (unpaired) electrons. The number of benzene rings is 1. The number of anilines is 1. The van der Waals surface area contributed by atoms with Gasteiger partial charge in [-0.25, -0.2) is 0 Å². The van der Waals surface area contributed by atoms with Crippen LogP contribution in [-0.4, -0.2) is 32.5 Å². The lowest BCUT2D eigenvalue weighted by molar-refractivity contribution is -0.119. The molecule has 6 nitrogen and oxygen atoms in total. The lowest BCUT2D eigenvalue weighted by Gasteiger charge is -2.03. The molecular weight excluding hydrogens is 278 g/mol. The van der Waals surface area contributed by atoms with Gasteiger partial charge in [-0.1, -0.05) is 0 Å². The Morgan fingerprint density at radius 1 is 1.40 bits per heavy atom. The zero-order valence-electron chi connectivity index (χ0n) is 11.1. The number of carbonyl (C=O) groups excluding carboxylic acids is 2. The number of amides is 2. The van der Waals surface area contributed by atoms with Crippen molar-refractivity contribution in [1.29, 1.82) is 0 Å². The van der Waals surface area contributed by atoms with Crippen molar-refractivity contribution in [2.75, 3.05) is 26.4 Å². The molecule has 0 fully saturated rings. The van der Waals surface area contributed by atoms with Crippen molar-refractivity contribution in [3.05, 3.63) is 23.1 Å². The first-order chi connectivity index (χ1) is 9.56. The highest BCUT2D eigenvalue weighted by Gasteiger charge is 2.17. The summed E-state index contributed by atoms with van der Waals surface area (Å²) in [6.45, 7) is -0.0770. The largest absolute Gasteiger partial charge is 0.497 e. The SMILES string of the molecule is CNC(=O)CNC(=O)c1sc2cc(OC)ccc2c1N. The second-order valence-electron chi connectivity index (χ2n) is 4.06. The fourth-order valence-electron chi connectivity index (χ4n) is 1.72. The highest BCUT2D eigenvalue weighted by Crippen LogP contribution is 2.35. The molecule has 1 aromatic carbocycles. The molecule has 0 saturated heterocycles. The number of nitrogens with two attached hydrogens (primary N) is 1. The average Bonchev–Trinajstić information content (AvgIpc) is 2.80. The Morgan fingerprint density at radius 3 is 2.80 bits per heavy atom. The molecule has 20 heavy (non-hydrogen) atoms. The minimum Gasteiger partial charge on any atom is -0.497 e. The second kappa shape index (κ2) is 5.79. The summed E-state index contributed by atoms with van der Waals surface area (Å²) in [5.41, 5.74) is 6.40. The molecule has 0 aliphatic heterocycles. The summed E-state index contributed by atoms with van der Waals surface area (Å²) in [7, 11) is 3.09. The Labute approximate surface area is 119 Å². The number of fused-ring (bicyclic) bond motifs is 1. The van der Waals surface area contributed by atoms with Gasteiger partial charge in [0.15, 0.2) is 0 Å². The molecule has 0 aliphatic carbocycles. The Hall–Kier alpha value is -2.28. The Bertz CT molecular complexity index is 666. The highest BCUT2D eigenvalue weighted by molar-refractivity contribution is 7.21. The van der Waals surface area contributed by atoms with Gasteiger partial charge in [0, 0.05) is 17.1 Å². The van der Waals surface area contributed by atoms with Crippen LogP contribution in [0.25, 0.3) is 10.1 Å². The molecule has 0 unspecified atom stereocenters. The van der Waals surface area contributed by atoms with Crippen molar-refractivity contribution in [3.63, 3.8) is 0 Å². The van der Waals surface area contributed by atoms with E-state index in [9.17, 15) is 9.59 Å². The maximum absolute atomic E-state index is 12.0. The van der Waals surface area contributed by atoms with Crippen LogP contribution in [0.15, 0.2) is 18.2 Å². The van der Waals surface area contributed by atoms with Crippen molar-refractivity contribution in [3.8, 4) is 5.75 Å².